The first-order valence-electron chi connectivity index (χ1n) is 46.1. The molecule has 0 aromatic rings. The van der Waals surface area contributed by atoms with Crippen molar-refractivity contribution in [3.8, 4) is 0 Å². The summed E-state index contributed by atoms with van der Waals surface area (Å²) in [4.78, 5) is 59.0. The highest BCUT2D eigenvalue weighted by Gasteiger charge is 2.29. The molecule has 0 radical (unpaired) electrons. The van der Waals surface area contributed by atoms with Crippen LogP contribution < -0.4 is 0 Å². The number of phosphoric acid groups is 2. The van der Waals surface area contributed by atoms with Gasteiger partial charge in [-0.25, -0.2) is 9.13 Å². The second-order valence-corrected chi connectivity index (χ2v) is 33.2. The van der Waals surface area contributed by atoms with E-state index in [-0.39, 0.29) is 19.3 Å². The maximum atomic E-state index is 13.1. The van der Waals surface area contributed by atoms with Crippen LogP contribution in [0.5, 0.6) is 0 Å². The number of carbonyl (C=O) groups is 3. The molecule has 0 bridgehead atoms. The molecule has 18 heteroatoms. The van der Waals surface area contributed by atoms with Gasteiger partial charge >= 0.3 is 33.6 Å². The van der Waals surface area contributed by atoms with Crippen LogP contribution in [-0.4, -0.2) is 95.9 Å². The molecule has 0 fully saturated rings. The van der Waals surface area contributed by atoms with Crippen LogP contribution in [0, 0.1) is 0 Å². The number of rotatable bonds is 86. The molecule has 0 aliphatic carbocycles. The summed E-state index contributed by atoms with van der Waals surface area (Å²) in [7, 11) is -9.82. The molecule has 0 aliphatic heterocycles. The normalized spacial score (nSPS) is 14.6. The number of unbranched alkanes of at least 4 members (excludes halogenated alkanes) is 33. The van der Waals surface area contributed by atoms with Crippen molar-refractivity contribution in [1.29, 1.82) is 0 Å². The number of aliphatic hydroxyl groups excluding tert-OH is 2. The second-order valence-electron chi connectivity index (χ2n) is 30.3. The van der Waals surface area contributed by atoms with E-state index < -0.39 is 91.5 Å². The Morgan fingerprint density at radius 2 is 0.427 bits per heavy atom. The molecule has 0 spiro atoms. The van der Waals surface area contributed by atoms with E-state index in [9.17, 15) is 43.5 Å². The molecule has 0 aromatic heterocycles. The lowest BCUT2D eigenvalue weighted by Crippen LogP contribution is -2.30. The van der Waals surface area contributed by atoms with Gasteiger partial charge in [-0.2, -0.15) is 0 Å². The third-order valence-corrected chi connectivity index (χ3v) is 21.0. The highest BCUT2D eigenvalue weighted by atomic mass is 31.2. The van der Waals surface area contributed by atoms with Crippen LogP contribution in [0.15, 0.2) is 182 Å². The topological polar surface area (TPSA) is 231 Å². The van der Waals surface area contributed by atoms with Crippen LogP contribution in [0.2, 0.25) is 0 Å². The molecule has 117 heavy (non-hydrogen) atoms. The Morgan fingerprint density at radius 3 is 0.675 bits per heavy atom. The van der Waals surface area contributed by atoms with Crippen LogP contribution in [-0.2, 0) is 55.8 Å². The molecule has 0 saturated heterocycles. The lowest BCUT2D eigenvalue weighted by Gasteiger charge is -2.21. The van der Waals surface area contributed by atoms with E-state index in [0.29, 0.717) is 19.3 Å². The highest BCUT2D eigenvalue weighted by Crippen LogP contribution is 2.45. The minimum Gasteiger partial charge on any atom is -0.463 e. The molecule has 0 amide bonds. The van der Waals surface area contributed by atoms with Crippen molar-refractivity contribution in [3.63, 3.8) is 0 Å². The summed E-state index contributed by atoms with van der Waals surface area (Å²) in [6, 6.07) is 0. The number of phosphoric ester groups is 2. The Bertz CT molecular complexity index is 2860. The SMILES string of the molecule is CC/C=C\C/C=C\C/C=C\C/C=C\C/C=C\CCCCCCCCCCCCCCCCCCCC(=O)OCC(O)COP(=O)(O)OCC(O)COP(=O)(O)OCC(COC(=O)CCCCCCCCCCC/C=C\C/C=C\C/C=C\C/C=C\C/C=C\CC)OC(=O)CCCCCCCCC/C=C\C/C=C\C/C=C\C/C=C\C/C=C\CC. The quantitative estimate of drug-likeness (QED) is 0.0146. The van der Waals surface area contributed by atoms with E-state index in [0.717, 1.165) is 193 Å². The third-order valence-electron chi connectivity index (χ3n) is 19.1. The van der Waals surface area contributed by atoms with Gasteiger partial charge in [0, 0.05) is 19.3 Å². The predicted octanol–water partition coefficient (Wildman–Crippen LogP) is 28.4. The van der Waals surface area contributed by atoms with Crippen molar-refractivity contribution in [1.82, 2.24) is 0 Å². The Kier molecular flexibility index (Phi) is 85.8. The van der Waals surface area contributed by atoms with Crippen molar-refractivity contribution in [3.05, 3.63) is 182 Å². The van der Waals surface area contributed by atoms with Gasteiger partial charge in [0.25, 0.3) is 0 Å². The van der Waals surface area contributed by atoms with Gasteiger partial charge < -0.3 is 34.2 Å². The minimum atomic E-state index is -4.95. The zero-order chi connectivity index (χ0) is 85.1. The number of aliphatic hydroxyl groups is 2. The van der Waals surface area contributed by atoms with Gasteiger partial charge in [0.1, 0.15) is 25.4 Å². The van der Waals surface area contributed by atoms with Crippen molar-refractivity contribution in [2.24, 2.45) is 0 Å². The Labute approximate surface area is 713 Å². The molecule has 5 unspecified atom stereocenters. The molecule has 5 atom stereocenters. The number of esters is 3. The van der Waals surface area contributed by atoms with Gasteiger partial charge in [-0.1, -0.05) is 376 Å². The van der Waals surface area contributed by atoms with Crippen molar-refractivity contribution in [2.75, 3.05) is 39.6 Å². The summed E-state index contributed by atoms with van der Waals surface area (Å²) in [5, 5.41) is 20.7. The number of hydrogen-bond acceptors (Lipinski definition) is 14. The van der Waals surface area contributed by atoms with E-state index in [1.54, 1.807) is 0 Å². The third kappa shape index (κ3) is 91.2. The van der Waals surface area contributed by atoms with Crippen LogP contribution in [0.25, 0.3) is 0 Å². The fourth-order valence-corrected chi connectivity index (χ4v) is 13.8. The van der Waals surface area contributed by atoms with Crippen LogP contribution in [0.3, 0.4) is 0 Å². The standard InChI is InChI=1S/C99H166O16P2/c1-4-7-10-13-16-19-22-25-28-31-34-37-40-42-43-44-45-46-47-48-49-51-54-55-58-61-64-67-70-73-76-79-82-85-97(102)109-88-94(100)89-111-116(105,106)112-90-95(101)91-113-117(107,108)114-93-96(115-99(104)87-84-81-78-75-72-69-66-63-60-57-52-39-36-33-30-27-24-21-18-15-12-9-6-3)92-110-98(103)86-83-80-77-74-71-68-65-62-59-56-53-50-41-38-35-32-29-26-23-20-17-14-11-8-5-2/h7-12,16-21,25-30,34-39,42-43,50,53,57,60,94-96,100-101H,4-6,13-15,22-24,31-33,40-41,44-49,51-52,54-56,58-59,61-93H2,1-3H3,(H,105,106)(H,107,108)/b10-7-,11-8-,12-9-,19-16-,20-17-,21-18-,28-25-,29-26-,30-27-,37-34-,38-35-,39-36-,43-42-,53-50-,60-57-. The summed E-state index contributed by atoms with van der Waals surface area (Å²) >= 11 is 0. The minimum absolute atomic E-state index is 0.0846. The molecular formula is C99H166O16P2. The van der Waals surface area contributed by atoms with E-state index in [2.05, 4.69) is 203 Å². The fraction of sp³-hybridized carbons (Fsp3) is 0.667. The van der Waals surface area contributed by atoms with E-state index in [1.807, 2.05) is 0 Å². The van der Waals surface area contributed by atoms with E-state index >= 15 is 0 Å². The average Bonchev–Trinajstić information content (AvgIpc) is 0.896. The molecule has 668 valence electrons. The Balaban J connectivity index is 4.59. The largest absolute Gasteiger partial charge is 0.472 e. The van der Waals surface area contributed by atoms with E-state index in [1.165, 1.54) is 116 Å². The van der Waals surface area contributed by atoms with Gasteiger partial charge in [0.2, 0.25) is 0 Å². The maximum Gasteiger partial charge on any atom is 0.472 e. The summed E-state index contributed by atoms with van der Waals surface area (Å²) in [5.74, 6) is -1.59. The number of allylic oxidation sites excluding steroid dienone is 30. The fourth-order valence-electron chi connectivity index (χ4n) is 12.2. The maximum absolute atomic E-state index is 13.1. The summed E-state index contributed by atoms with van der Waals surface area (Å²) in [5.41, 5.74) is 0. The molecule has 0 aromatic carbocycles. The molecule has 0 saturated carbocycles. The molecule has 4 N–H and O–H groups in total. The number of ether oxygens (including phenoxy) is 3. The number of carbonyl (C=O) groups excluding carboxylic acids is 3. The molecule has 16 nitrogen and oxygen atoms in total. The van der Waals surface area contributed by atoms with Gasteiger partial charge in [-0.15, -0.1) is 0 Å². The van der Waals surface area contributed by atoms with Crippen LogP contribution >= 0.6 is 15.6 Å². The Morgan fingerprint density at radius 1 is 0.239 bits per heavy atom. The molecular weight excluding hydrogens is 1510 g/mol. The molecule has 0 heterocycles. The average molecular weight is 1670 g/mol. The first-order chi connectivity index (χ1) is 57.2. The van der Waals surface area contributed by atoms with Gasteiger partial charge in [0.15, 0.2) is 6.10 Å². The van der Waals surface area contributed by atoms with E-state index in [4.69, 9.17) is 32.3 Å². The first-order valence-corrected chi connectivity index (χ1v) is 49.1. The summed E-state index contributed by atoms with van der Waals surface area (Å²) in [6.07, 6.45) is 118. The Hall–Kier alpha value is -5.35. The number of hydrogen-bond donors (Lipinski definition) is 4. The predicted molar refractivity (Wildman–Crippen MR) is 491 cm³/mol. The van der Waals surface area contributed by atoms with Crippen molar-refractivity contribution < 1.29 is 75.8 Å². The van der Waals surface area contributed by atoms with Crippen molar-refractivity contribution >= 4 is 33.6 Å². The van der Waals surface area contributed by atoms with Gasteiger partial charge in [-0.3, -0.25) is 32.5 Å². The zero-order valence-corrected chi connectivity index (χ0v) is 75.4. The van der Waals surface area contributed by atoms with Crippen molar-refractivity contribution in [2.45, 2.75) is 386 Å². The molecule has 0 rings (SSSR count). The summed E-state index contributed by atoms with van der Waals surface area (Å²) < 4.78 is 61.5. The lowest BCUT2D eigenvalue weighted by atomic mass is 10.0. The monoisotopic (exact) mass is 1670 g/mol. The second kappa shape index (κ2) is 89.9. The first kappa shape index (κ1) is 112. The smallest absolute Gasteiger partial charge is 0.463 e. The van der Waals surface area contributed by atoms with Crippen LogP contribution in [0.4, 0.5) is 0 Å². The van der Waals surface area contributed by atoms with Gasteiger partial charge in [0.05, 0.1) is 26.4 Å². The van der Waals surface area contributed by atoms with Gasteiger partial charge in [-0.05, 0) is 154 Å². The van der Waals surface area contributed by atoms with Crippen LogP contribution in [0.1, 0.15) is 367 Å². The lowest BCUT2D eigenvalue weighted by molar-refractivity contribution is -0.161. The molecule has 0 aliphatic rings. The summed E-state index contributed by atoms with van der Waals surface area (Å²) in [6.45, 7) is 2.36. The highest BCUT2D eigenvalue weighted by molar-refractivity contribution is 7.47. The zero-order valence-electron chi connectivity index (χ0n) is 73.6.